The van der Waals surface area contributed by atoms with Gasteiger partial charge < -0.3 is 10.2 Å². The molecule has 1 heterocycles. The number of carbonyl (C=O) groups is 1. The number of carbonyl (C=O) groups excluding carboxylic acids is 1. The first-order chi connectivity index (χ1) is 10.6. The second-order valence-corrected chi connectivity index (χ2v) is 6.44. The lowest BCUT2D eigenvalue weighted by Crippen LogP contribution is -2.48. The van der Waals surface area contributed by atoms with Crippen LogP contribution in [-0.4, -0.2) is 55.0 Å². The van der Waals surface area contributed by atoms with Crippen molar-refractivity contribution in [3.63, 3.8) is 0 Å². The molecule has 1 saturated heterocycles. The van der Waals surface area contributed by atoms with Gasteiger partial charge in [0.2, 0.25) is 5.91 Å². The zero-order valence-corrected chi connectivity index (χ0v) is 14.1. The van der Waals surface area contributed by atoms with Crippen molar-refractivity contribution in [1.82, 2.24) is 9.80 Å². The molecule has 1 N–H and O–H groups in total. The van der Waals surface area contributed by atoms with Crippen molar-refractivity contribution >= 4 is 11.6 Å². The van der Waals surface area contributed by atoms with Crippen LogP contribution in [0.25, 0.3) is 0 Å². The summed E-state index contributed by atoms with van der Waals surface area (Å²) in [6, 6.07) is 8.16. The third-order valence-electron chi connectivity index (χ3n) is 4.23. The Morgan fingerprint density at radius 3 is 2.23 bits per heavy atom. The van der Waals surface area contributed by atoms with E-state index in [1.54, 1.807) is 0 Å². The summed E-state index contributed by atoms with van der Waals surface area (Å²) in [6.07, 6.45) is 1.20. The molecule has 22 heavy (non-hydrogen) atoms. The summed E-state index contributed by atoms with van der Waals surface area (Å²) in [6.45, 7) is 12.3. The van der Waals surface area contributed by atoms with Gasteiger partial charge in [-0.1, -0.05) is 32.9 Å². The van der Waals surface area contributed by atoms with Crippen molar-refractivity contribution < 1.29 is 4.79 Å². The Kier molecular flexibility index (Phi) is 6.40. The summed E-state index contributed by atoms with van der Waals surface area (Å²) in [4.78, 5) is 16.9. The second kappa shape index (κ2) is 8.30. The van der Waals surface area contributed by atoms with E-state index in [2.05, 4.69) is 48.0 Å². The third kappa shape index (κ3) is 5.11. The average Bonchev–Trinajstić information content (AvgIpc) is 2.50. The number of nitrogens with one attached hydrogen (secondary N) is 1. The first-order valence-electron chi connectivity index (χ1n) is 8.43. The van der Waals surface area contributed by atoms with E-state index in [9.17, 15) is 4.79 Å². The van der Waals surface area contributed by atoms with Gasteiger partial charge in [-0.3, -0.25) is 9.69 Å². The van der Waals surface area contributed by atoms with Crippen LogP contribution in [0.2, 0.25) is 0 Å². The van der Waals surface area contributed by atoms with E-state index in [0.29, 0.717) is 12.5 Å². The molecule has 1 amide bonds. The number of amides is 1. The second-order valence-electron chi connectivity index (χ2n) is 6.44. The number of piperazine rings is 1. The van der Waals surface area contributed by atoms with Crippen LogP contribution in [0.15, 0.2) is 24.3 Å². The Hall–Kier alpha value is -1.39. The molecule has 4 heteroatoms. The Bertz CT molecular complexity index is 462. The van der Waals surface area contributed by atoms with E-state index >= 15 is 0 Å². The van der Waals surface area contributed by atoms with Gasteiger partial charge >= 0.3 is 0 Å². The summed E-state index contributed by atoms with van der Waals surface area (Å²) in [5, 5.41) is 3.00. The van der Waals surface area contributed by atoms with Crippen molar-refractivity contribution in [2.75, 3.05) is 44.6 Å². The number of anilines is 1. The fourth-order valence-corrected chi connectivity index (χ4v) is 2.84. The van der Waals surface area contributed by atoms with Crippen LogP contribution < -0.4 is 5.32 Å². The number of nitrogens with zero attached hydrogens (tertiary/aromatic N) is 2. The normalized spacial score (nSPS) is 16.9. The van der Waals surface area contributed by atoms with Crippen molar-refractivity contribution in [2.24, 2.45) is 0 Å². The minimum Gasteiger partial charge on any atom is -0.325 e. The van der Waals surface area contributed by atoms with Gasteiger partial charge in [-0.25, -0.2) is 0 Å². The number of hydrogen-bond acceptors (Lipinski definition) is 3. The van der Waals surface area contributed by atoms with Crippen LogP contribution in [0.5, 0.6) is 0 Å². The first-order valence-corrected chi connectivity index (χ1v) is 8.43. The Balaban J connectivity index is 1.76. The molecule has 0 aromatic heterocycles. The lowest BCUT2D eigenvalue weighted by molar-refractivity contribution is -0.117. The molecule has 0 saturated carbocycles. The molecule has 1 aliphatic heterocycles. The fraction of sp³-hybridized carbons (Fsp3) is 0.611. The largest absolute Gasteiger partial charge is 0.325 e. The maximum absolute atomic E-state index is 12.1. The zero-order chi connectivity index (χ0) is 15.9. The quantitative estimate of drug-likeness (QED) is 0.878. The molecule has 0 radical (unpaired) electrons. The van der Waals surface area contributed by atoms with Crippen LogP contribution in [-0.2, 0) is 4.79 Å². The third-order valence-corrected chi connectivity index (χ3v) is 4.23. The molecule has 1 aliphatic rings. The van der Waals surface area contributed by atoms with E-state index in [-0.39, 0.29) is 5.91 Å². The van der Waals surface area contributed by atoms with Gasteiger partial charge in [-0.15, -0.1) is 0 Å². The molecule has 4 nitrogen and oxygen atoms in total. The summed E-state index contributed by atoms with van der Waals surface area (Å²) in [7, 11) is 0. The average molecular weight is 303 g/mol. The molecule has 1 fully saturated rings. The lowest BCUT2D eigenvalue weighted by atomic mass is 10.0. The SMILES string of the molecule is CCCN1CCN(CC(=O)Nc2ccc(C(C)C)cc2)CC1. The van der Waals surface area contributed by atoms with E-state index < -0.39 is 0 Å². The smallest absolute Gasteiger partial charge is 0.238 e. The number of benzene rings is 1. The topological polar surface area (TPSA) is 35.6 Å². The standard InChI is InChI=1S/C18H29N3O/c1-4-9-20-10-12-21(13-11-20)14-18(22)19-17-7-5-16(6-8-17)15(2)3/h5-8,15H,4,9-14H2,1-3H3,(H,19,22). The van der Waals surface area contributed by atoms with Crippen LogP contribution >= 0.6 is 0 Å². The van der Waals surface area contributed by atoms with Crippen LogP contribution in [0.4, 0.5) is 5.69 Å². The van der Waals surface area contributed by atoms with E-state index in [1.165, 1.54) is 18.5 Å². The summed E-state index contributed by atoms with van der Waals surface area (Å²) in [5.41, 5.74) is 2.18. The van der Waals surface area contributed by atoms with E-state index in [4.69, 9.17) is 0 Å². The van der Waals surface area contributed by atoms with Crippen LogP contribution in [0, 0.1) is 0 Å². The van der Waals surface area contributed by atoms with Crippen molar-refractivity contribution in [2.45, 2.75) is 33.1 Å². The van der Waals surface area contributed by atoms with Crippen molar-refractivity contribution in [3.8, 4) is 0 Å². The molecule has 2 rings (SSSR count). The maximum atomic E-state index is 12.1. The van der Waals surface area contributed by atoms with E-state index in [1.807, 2.05) is 12.1 Å². The maximum Gasteiger partial charge on any atom is 0.238 e. The van der Waals surface area contributed by atoms with E-state index in [0.717, 1.165) is 31.9 Å². The van der Waals surface area contributed by atoms with Gasteiger partial charge in [0.25, 0.3) is 0 Å². The summed E-state index contributed by atoms with van der Waals surface area (Å²) < 4.78 is 0. The zero-order valence-electron chi connectivity index (χ0n) is 14.1. The molecule has 122 valence electrons. The molecule has 0 bridgehead atoms. The lowest BCUT2D eigenvalue weighted by Gasteiger charge is -2.34. The highest BCUT2D eigenvalue weighted by molar-refractivity contribution is 5.92. The summed E-state index contributed by atoms with van der Waals surface area (Å²) >= 11 is 0. The van der Waals surface area contributed by atoms with Crippen LogP contribution in [0.1, 0.15) is 38.7 Å². The Morgan fingerprint density at radius 1 is 1.09 bits per heavy atom. The predicted molar refractivity (Wildman–Crippen MR) is 92.3 cm³/mol. The summed E-state index contributed by atoms with van der Waals surface area (Å²) in [5.74, 6) is 0.602. The number of hydrogen-bond donors (Lipinski definition) is 1. The molecule has 1 aromatic carbocycles. The van der Waals surface area contributed by atoms with Gasteiger partial charge in [0.1, 0.15) is 0 Å². The highest BCUT2D eigenvalue weighted by Crippen LogP contribution is 2.17. The Morgan fingerprint density at radius 2 is 1.68 bits per heavy atom. The monoisotopic (exact) mass is 303 g/mol. The van der Waals surface area contributed by atoms with Gasteiger partial charge in [-0.2, -0.15) is 0 Å². The minimum atomic E-state index is 0.0845. The molecular weight excluding hydrogens is 274 g/mol. The molecule has 1 aromatic rings. The highest BCUT2D eigenvalue weighted by atomic mass is 16.2. The highest BCUT2D eigenvalue weighted by Gasteiger charge is 2.18. The predicted octanol–water partition coefficient (Wildman–Crippen LogP) is 2.78. The molecular formula is C18H29N3O. The van der Waals surface area contributed by atoms with Gasteiger partial charge in [0, 0.05) is 31.9 Å². The van der Waals surface area contributed by atoms with Crippen molar-refractivity contribution in [3.05, 3.63) is 29.8 Å². The van der Waals surface area contributed by atoms with Gasteiger partial charge in [-0.05, 0) is 36.6 Å². The first kappa shape index (κ1) is 17.0. The molecule has 0 aliphatic carbocycles. The van der Waals surface area contributed by atoms with Crippen LogP contribution in [0.3, 0.4) is 0 Å². The fourth-order valence-electron chi connectivity index (χ4n) is 2.84. The van der Waals surface area contributed by atoms with Gasteiger partial charge in [0.05, 0.1) is 6.54 Å². The van der Waals surface area contributed by atoms with Crippen molar-refractivity contribution in [1.29, 1.82) is 0 Å². The number of rotatable bonds is 6. The molecule has 0 unspecified atom stereocenters. The Labute approximate surface area is 134 Å². The molecule has 0 spiro atoms. The minimum absolute atomic E-state index is 0.0845. The van der Waals surface area contributed by atoms with Gasteiger partial charge in [0.15, 0.2) is 0 Å². The molecule has 0 atom stereocenters.